The van der Waals surface area contributed by atoms with E-state index in [1.807, 2.05) is 0 Å². The molecule has 1 atom stereocenters. The molecule has 2 aromatic carbocycles. The highest BCUT2D eigenvalue weighted by Gasteiger charge is 2.28. The predicted molar refractivity (Wildman–Crippen MR) is 100.0 cm³/mol. The van der Waals surface area contributed by atoms with Crippen LogP contribution in [0.3, 0.4) is 0 Å². The van der Waals surface area contributed by atoms with Gasteiger partial charge in [-0.25, -0.2) is 0 Å². The second-order valence-electron chi connectivity index (χ2n) is 6.54. The van der Waals surface area contributed by atoms with E-state index in [1.54, 1.807) is 30.3 Å². The monoisotopic (exact) mass is 401 g/mol. The van der Waals surface area contributed by atoms with E-state index in [0.717, 1.165) is 5.56 Å². The van der Waals surface area contributed by atoms with Crippen molar-refractivity contribution in [3.8, 4) is 11.5 Å². The molecule has 0 saturated carbocycles. The molecule has 2 aromatic rings. The van der Waals surface area contributed by atoms with E-state index in [9.17, 15) is 14.4 Å². The van der Waals surface area contributed by atoms with E-state index in [0.29, 0.717) is 34.2 Å². The van der Waals surface area contributed by atoms with Gasteiger partial charge < -0.3 is 19.5 Å². The molecule has 0 spiro atoms. The second kappa shape index (κ2) is 7.52. The molecule has 144 valence electrons. The van der Waals surface area contributed by atoms with Crippen LogP contribution in [0, 0.1) is 5.92 Å². The van der Waals surface area contributed by atoms with Crippen LogP contribution in [-0.2, 0) is 20.7 Å². The average Bonchev–Trinajstić information content (AvgIpc) is 2.70. The highest BCUT2D eigenvalue weighted by atomic mass is 35.5. The Balaban J connectivity index is 1.37. The van der Waals surface area contributed by atoms with Gasteiger partial charge in [0.2, 0.25) is 0 Å². The number of carbonyl (C=O) groups is 3. The molecular weight excluding hydrogens is 386 g/mol. The van der Waals surface area contributed by atoms with E-state index in [1.165, 1.54) is 6.07 Å². The van der Waals surface area contributed by atoms with E-state index in [-0.39, 0.29) is 24.9 Å². The van der Waals surface area contributed by atoms with Crippen molar-refractivity contribution in [2.24, 2.45) is 5.92 Å². The zero-order valence-corrected chi connectivity index (χ0v) is 15.5. The minimum atomic E-state index is -0.506. The van der Waals surface area contributed by atoms with Gasteiger partial charge in [0, 0.05) is 10.6 Å². The Bertz CT molecular complexity index is 973. The van der Waals surface area contributed by atoms with E-state index in [2.05, 4.69) is 5.32 Å². The third-order valence-corrected chi connectivity index (χ3v) is 4.78. The fourth-order valence-corrected chi connectivity index (χ4v) is 3.30. The van der Waals surface area contributed by atoms with Crippen molar-refractivity contribution in [1.29, 1.82) is 0 Å². The lowest BCUT2D eigenvalue weighted by atomic mass is 9.97. The van der Waals surface area contributed by atoms with Crippen molar-refractivity contribution in [2.75, 3.05) is 25.1 Å². The number of Topliss-reactive ketones (excluding diaryl/α,β-unsaturated/α-hetero) is 1. The van der Waals surface area contributed by atoms with E-state index < -0.39 is 18.5 Å². The first-order chi connectivity index (χ1) is 13.5. The molecule has 2 aliphatic heterocycles. The quantitative estimate of drug-likeness (QED) is 0.625. The number of carbonyl (C=O) groups excluding carboxylic acids is 3. The lowest BCUT2D eigenvalue weighted by Gasteiger charge is -2.24. The highest BCUT2D eigenvalue weighted by Crippen LogP contribution is 2.31. The van der Waals surface area contributed by atoms with Crippen molar-refractivity contribution in [3.63, 3.8) is 0 Å². The highest BCUT2D eigenvalue weighted by molar-refractivity contribution is 6.30. The molecule has 0 fully saturated rings. The Morgan fingerprint density at radius 3 is 2.82 bits per heavy atom. The number of benzene rings is 2. The normalized spacial score (nSPS) is 17.3. The molecule has 7 nitrogen and oxygen atoms in total. The maximum absolute atomic E-state index is 12.4. The fourth-order valence-electron chi connectivity index (χ4n) is 3.11. The van der Waals surface area contributed by atoms with Gasteiger partial charge in [-0.2, -0.15) is 0 Å². The van der Waals surface area contributed by atoms with Crippen LogP contribution in [-0.4, -0.2) is 37.5 Å². The Hall–Kier alpha value is -3.06. The van der Waals surface area contributed by atoms with Crippen LogP contribution >= 0.6 is 11.6 Å². The first-order valence-electron chi connectivity index (χ1n) is 8.67. The number of halogens is 1. The predicted octanol–water partition coefficient (Wildman–Crippen LogP) is 2.65. The van der Waals surface area contributed by atoms with Gasteiger partial charge in [-0.15, -0.1) is 0 Å². The zero-order chi connectivity index (χ0) is 19.7. The summed E-state index contributed by atoms with van der Waals surface area (Å²) in [6, 6.07) is 9.91. The summed E-state index contributed by atoms with van der Waals surface area (Å²) in [7, 11) is 0. The van der Waals surface area contributed by atoms with Crippen LogP contribution in [0.1, 0.15) is 15.9 Å². The number of nitrogens with one attached hydrogen (secondary N) is 1. The smallest absolute Gasteiger partial charge is 0.313 e. The molecule has 0 saturated heterocycles. The summed E-state index contributed by atoms with van der Waals surface area (Å²) in [6.07, 6.45) is 0.436. The topological polar surface area (TPSA) is 90.9 Å². The minimum Gasteiger partial charge on any atom is -0.492 e. The number of hydrogen-bond acceptors (Lipinski definition) is 6. The summed E-state index contributed by atoms with van der Waals surface area (Å²) < 4.78 is 16.0. The van der Waals surface area contributed by atoms with Crippen LogP contribution in [0.25, 0.3) is 0 Å². The van der Waals surface area contributed by atoms with Gasteiger partial charge in [0.15, 0.2) is 19.0 Å². The van der Waals surface area contributed by atoms with Gasteiger partial charge in [-0.1, -0.05) is 11.6 Å². The summed E-state index contributed by atoms with van der Waals surface area (Å²) in [6.45, 7) is -0.273. The Labute approximate surface area is 165 Å². The molecule has 1 N–H and O–H groups in total. The molecule has 0 radical (unpaired) electrons. The van der Waals surface area contributed by atoms with E-state index in [4.69, 9.17) is 25.8 Å². The van der Waals surface area contributed by atoms with Gasteiger partial charge in [0.25, 0.3) is 5.91 Å². The Morgan fingerprint density at radius 2 is 1.96 bits per heavy atom. The number of esters is 1. The average molecular weight is 402 g/mol. The van der Waals surface area contributed by atoms with Gasteiger partial charge in [0.1, 0.15) is 18.1 Å². The molecule has 0 aromatic heterocycles. The molecule has 28 heavy (non-hydrogen) atoms. The van der Waals surface area contributed by atoms with Gasteiger partial charge in [-0.3, -0.25) is 14.4 Å². The van der Waals surface area contributed by atoms with Crippen molar-refractivity contribution in [1.82, 2.24) is 0 Å². The third-order valence-electron chi connectivity index (χ3n) is 4.54. The molecule has 0 bridgehead atoms. The van der Waals surface area contributed by atoms with Crippen molar-refractivity contribution in [2.45, 2.75) is 6.42 Å². The fraction of sp³-hybridized carbons (Fsp3) is 0.250. The standard InChI is InChI=1S/C20H16ClNO6/c21-14-2-4-17-12(6-14)5-13(8-26-17)20(25)28-9-16(23)11-1-3-18-15(7-11)22-19(24)10-27-18/h1-4,6-7,13H,5,8-10H2,(H,22,24)/t13-/m1/s1. The first-order valence-corrected chi connectivity index (χ1v) is 9.05. The van der Waals surface area contributed by atoms with Gasteiger partial charge in [-0.05, 0) is 48.4 Å². The first kappa shape index (κ1) is 18.3. The molecule has 1 amide bonds. The molecule has 0 unspecified atom stereocenters. The van der Waals surface area contributed by atoms with E-state index >= 15 is 0 Å². The van der Waals surface area contributed by atoms with Crippen LogP contribution in [0.5, 0.6) is 11.5 Å². The maximum Gasteiger partial charge on any atom is 0.313 e. The van der Waals surface area contributed by atoms with Crippen molar-refractivity contribution in [3.05, 3.63) is 52.5 Å². The molecule has 0 aliphatic carbocycles. The third kappa shape index (κ3) is 3.80. The summed E-state index contributed by atoms with van der Waals surface area (Å²) in [5.41, 5.74) is 1.56. The Morgan fingerprint density at radius 1 is 1.14 bits per heavy atom. The Kier molecular flexibility index (Phi) is 4.92. The van der Waals surface area contributed by atoms with Crippen LogP contribution in [0.2, 0.25) is 5.02 Å². The molecule has 4 rings (SSSR count). The summed E-state index contributed by atoms with van der Waals surface area (Å²) in [5.74, 6) is -0.492. The molecular formula is C20H16ClNO6. The maximum atomic E-state index is 12.4. The number of anilines is 1. The number of fused-ring (bicyclic) bond motifs is 2. The van der Waals surface area contributed by atoms with Crippen molar-refractivity contribution < 1.29 is 28.6 Å². The van der Waals surface area contributed by atoms with Crippen molar-refractivity contribution >= 4 is 34.9 Å². The van der Waals surface area contributed by atoms with Gasteiger partial charge >= 0.3 is 5.97 Å². The number of amides is 1. The molecule has 8 heteroatoms. The van der Waals surface area contributed by atoms with Gasteiger partial charge in [0.05, 0.1) is 11.6 Å². The van der Waals surface area contributed by atoms with Crippen LogP contribution in [0.15, 0.2) is 36.4 Å². The molecule has 2 aliphatic rings. The zero-order valence-electron chi connectivity index (χ0n) is 14.7. The number of ether oxygens (including phenoxy) is 3. The number of hydrogen-bond donors (Lipinski definition) is 1. The minimum absolute atomic E-state index is 0.0598. The number of rotatable bonds is 4. The van der Waals surface area contributed by atoms with Crippen LogP contribution in [0.4, 0.5) is 5.69 Å². The number of ketones is 1. The summed E-state index contributed by atoms with van der Waals surface area (Å²) in [5, 5.41) is 3.20. The SMILES string of the molecule is O=C1COc2ccc(C(=O)COC(=O)[C@H]3COc4ccc(Cl)cc4C3)cc2N1. The summed E-state index contributed by atoms with van der Waals surface area (Å²) >= 11 is 5.98. The summed E-state index contributed by atoms with van der Waals surface area (Å²) in [4.78, 5) is 36.1. The largest absolute Gasteiger partial charge is 0.492 e. The second-order valence-corrected chi connectivity index (χ2v) is 6.98. The van der Waals surface area contributed by atoms with Crippen LogP contribution < -0.4 is 14.8 Å². The molecule has 2 heterocycles. The lowest BCUT2D eigenvalue weighted by molar-refractivity contribution is -0.148. The lowest BCUT2D eigenvalue weighted by Crippen LogP contribution is -2.31.